The molecule has 1 heterocycles. The fourth-order valence-electron chi connectivity index (χ4n) is 2.71. The van der Waals surface area contributed by atoms with Gasteiger partial charge in [-0.3, -0.25) is 9.69 Å². The van der Waals surface area contributed by atoms with E-state index in [1.165, 1.54) is 11.8 Å². The van der Waals surface area contributed by atoms with Gasteiger partial charge in [0.05, 0.1) is 24.0 Å². The number of carbonyl (C=O) groups is 2. The van der Waals surface area contributed by atoms with Gasteiger partial charge in [-0.2, -0.15) is 0 Å². The highest BCUT2D eigenvalue weighted by Crippen LogP contribution is 2.37. The molecule has 6 nitrogen and oxygen atoms in total. The molecule has 150 valence electrons. The van der Waals surface area contributed by atoms with E-state index in [0.717, 1.165) is 33.1 Å². The summed E-state index contributed by atoms with van der Waals surface area (Å²) in [5, 5.41) is 8.96. The smallest absolute Gasteiger partial charge is 0.364 e. The summed E-state index contributed by atoms with van der Waals surface area (Å²) in [6.07, 6.45) is 5.33. The number of nitrogens with zero attached hydrogens (tertiary/aromatic N) is 1. The van der Waals surface area contributed by atoms with E-state index < -0.39 is 11.9 Å². The number of benzene rings is 1. The highest BCUT2D eigenvalue weighted by Gasteiger charge is 2.32. The maximum atomic E-state index is 12.3. The molecule has 1 aromatic carbocycles. The first kappa shape index (κ1) is 22.0. The highest BCUT2D eigenvalue weighted by atomic mass is 32.2. The Labute approximate surface area is 174 Å². The van der Waals surface area contributed by atoms with Gasteiger partial charge in [0.1, 0.15) is 0 Å². The molecule has 0 aliphatic carbocycles. The molecule has 8 heteroatoms. The molecule has 1 aromatic rings. The van der Waals surface area contributed by atoms with Crippen molar-refractivity contribution in [3.63, 3.8) is 0 Å². The average molecular weight is 422 g/mol. The zero-order valence-electron chi connectivity index (χ0n) is 16.3. The molecule has 1 N–H and O–H groups in total. The number of carbonyl (C=O) groups excluding carboxylic acids is 1. The maximum Gasteiger partial charge on any atom is 0.364 e. The first-order chi connectivity index (χ1) is 13.3. The largest absolute Gasteiger partial charge is 0.490 e. The first-order valence-corrected chi connectivity index (χ1v) is 10.2. The zero-order valence-corrected chi connectivity index (χ0v) is 17.9. The van der Waals surface area contributed by atoms with Gasteiger partial charge in [-0.15, -0.1) is 0 Å². The van der Waals surface area contributed by atoms with Crippen molar-refractivity contribution in [3.05, 3.63) is 39.8 Å². The monoisotopic (exact) mass is 421 g/mol. The predicted molar refractivity (Wildman–Crippen MR) is 115 cm³/mol. The van der Waals surface area contributed by atoms with Crippen LogP contribution < -0.4 is 9.47 Å². The van der Waals surface area contributed by atoms with Gasteiger partial charge in [0.2, 0.25) is 0 Å². The van der Waals surface area contributed by atoms with E-state index in [1.54, 1.807) is 12.2 Å². The summed E-state index contributed by atoms with van der Waals surface area (Å²) in [4.78, 5) is 24.4. The minimum absolute atomic E-state index is 0.208. The molecule has 1 fully saturated rings. The average Bonchev–Trinajstić information content (AvgIpc) is 3.01. The van der Waals surface area contributed by atoms with Crippen LogP contribution in [0.3, 0.4) is 0 Å². The summed E-state index contributed by atoms with van der Waals surface area (Å²) in [6, 6.07) is 2.01. The fourth-order valence-corrected chi connectivity index (χ4v) is 3.87. The molecule has 0 bridgehead atoms. The van der Waals surface area contributed by atoms with Crippen LogP contribution in [0.25, 0.3) is 6.08 Å². The lowest BCUT2D eigenvalue weighted by Gasteiger charge is -2.17. The number of aliphatic carboxylic acids is 1. The van der Waals surface area contributed by atoms with Crippen LogP contribution in [0.1, 0.15) is 30.5 Å². The minimum Gasteiger partial charge on any atom is -0.490 e. The molecule has 0 aromatic heterocycles. The lowest BCUT2D eigenvalue weighted by atomic mass is 10.0. The number of aryl methyl sites for hydroxylation is 1. The lowest BCUT2D eigenvalue weighted by Crippen LogP contribution is -2.35. The number of thioether (sulfide) groups is 1. The van der Waals surface area contributed by atoms with Crippen molar-refractivity contribution in [1.29, 1.82) is 0 Å². The fraction of sp³-hybridized carbons (Fsp3) is 0.350. The minimum atomic E-state index is -1.27. The number of carboxylic acids is 1. The molecule has 0 saturated carbocycles. The molecule has 1 saturated heterocycles. The second-order valence-corrected chi connectivity index (χ2v) is 7.31. The number of carboxylic acid groups (broad SMARTS) is 1. The van der Waals surface area contributed by atoms with E-state index in [9.17, 15) is 9.59 Å². The first-order valence-electron chi connectivity index (χ1n) is 8.81. The standard InChI is InChI=1S/C20H23NO5S2/c1-5-25-16-12(3)10-14(13(4)17(16)26-6-2)8-7-9-15-18(22)21(11-28-15)19(27)20(23)24/h7-10H,5-6,11H2,1-4H3,(H,23,24). The summed E-state index contributed by atoms with van der Waals surface area (Å²) in [5.41, 5.74) is 2.87. The van der Waals surface area contributed by atoms with Crippen LogP contribution in [0, 0.1) is 13.8 Å². The molecular weight excluding hydrogens is 398 g/mol. The van der Waals surface area contributed by atoms with Crippen molar-refractivity contribution in [2.24, 2.45) is 0 Å². The van der Waals surface area contributed by atoms with Crippen molar-refractivity contribution in [2.45, 2.75) is 27.7 Å². The van der Waals surface area contributed by atoms with Crippen LogP contribution >= 0.6 is 24.0 Å². The van der Waals surface area contributed by atoms with Gasteiger partial charge in [0.15, 0.2) is 16.5 Å². The van der Waals surface area contributed by atoms with E-state index >= 15 is 0 Å². The predicted octanol–water partition coefficient (Wildman–Crippen LogP) is 3.94. The lowest BCUT2D eigenvalue weighted by molar-refractivity contribution is -0.131. The van der Waals surface area contributed by atoms with Gasteiger partial charge < -0.3 is 14.6 Å². The number of thiocarbonyl (C=S) groups is 1. The third-order valence-corrected chi connectivity index (χ3v) is 5.45. The van der Waals surface area contributed by atoms with Crippen molar-refractivity contribution in [3.8, 4) is 11.5 Å². The van der Waals surface area contributed by atoms with Gasteiger partial charge in [0.25, 0.3) is 5.91 Å². The Morgan fingerprint density at radius 2 is 1.93 bits per heavy atom. The highest BCUT2D eigenvalue weighted by molar-refractivity contribution is 8.04. The zero-order chi connectivity index (χ0) is 20.8. The van der Waals surface area contributed by atoms with Crippen LogP contribution in [0.15, 0.2) is 23.1 Å². The van der Waals surface area contributed by atoms with Crippen molar-refractivity contribution in [2.75, 3.05) is 19.1 Å². The number of hydrogen-bond donors (Lipinski definition) is 1. The molecule has 0 spiro atoms. The normalized spacial score (nSPS) is 15.5. The van der Waals surface area contributed by atoms with E-state index in [4.69, 9.17) is 26.8 Å². The molecule has 0 atom stereocenters. The van der Waals surface area contributed by atoms with Crippen LogP contribution in [-0.4, -0.2) is 46.0 Å². The Hall–Kier alpha value is -2.32. The molecule has 28 heavy (non-hydrogen) atoms. The summed E-state index contributed by atoms with van der Waals surface area (Å²) < 4.78 is 11.5. The molecule has 2 rings (SSSR count). The Kier molecular flexibility index (Phi) is 7.65. The number of allylic oxidation sites excluding steroid dienone is 2. The summed E-state index contributed by atoms with van der Waals surface area (Å²) in [5.74, 6) is 0.0123. The van der Waals surface area contributed by atoms with Gasteiger partial charge in [-0.25, -0.2) is 4.79 Å². The van der Waals surface area contributed by atoms with Gasteiger partial charge in [-0.1, -0.05) is 36.1 Å². The number of ether oxygens (including phenoxy) is 2. The molecule has 1 aliphatic rings. The van der Waals surface area contributed by atoms with Crippen molar-refractivity contribution < 1.29 is 24.2 Å². The summed E-state index contributed by atoms with van der Waals surface area (Å²) in [7, 11) is 0. The topological polar surface area (TPSA) is 76.1 Å². The quantitative estimate of drug-likeness (QED) is 0.551. The SMILES string of the molecule is CCOc1c(C)cc(C=CC=C2SCN(C(=S)C(=O)O)C2=O)c(C)c1OCC. The maximum absolute atomic E-state index is 12.3. The molecule has 0 unspecified atom stereocenters. The summed E-state index contributed by atoms with van der Waals surface area (Å²) in [6.45, 7) is 8.86. The van der Waals surface area contributed by atoms with Crippen LogP contribution in [-0.2, 0) is 9.59 Å². The van der Waals surface area contributed by atoms with Crippen LogP contribution in [0.4, 0.5) is 0 Å². The van der Waals surface area contributed by atoms with E-state index in [0.29, 0.717) is 18.1 Å². The Morgan fingerprint density at radius 1 is 1.29 bits per heavy atom. The summed E-state index contributed by atoms with van der Waals surface area (Å²) >= 11 is 6.04. The van der Waals surface area contributed by atoms with E-state index in [2.05, 4.69) is 0 Å². The van der Waals surface area contributed by atoms with Gasteiger partial charge in [-0.05, 0) is 51.0 Å². The van der Waals surface area contributed by atoms with Crippen molar-refractivity contribution >= 4 is 46.9 Å². The Bertz CT molecular complexity index is 861. The van der Waals surface area contributed by atoms with Crippen LogP contribution in [0.5, 0.6) is 11.5 Å². The molecule has 1 amide bonds. The molecule has 0 radical (unpaired) electrons. The second-order valence-electron chi connectivity index (χ2n) is 5.94. The number of amides is 1. The molecular formula is C20H23NO5S2. The van der Waals surface area contributed by atoms with Crippen LogP contribution in [0.2, 0.25) is 0 Å². The van der Waals surface area contributed by atoms with Gasteiger partial charge >= 0.3 is 5.97 Å². The van der Waals surface area contributed by atoms with Gasteiger partial charge in [0, 0.05) is 5.56 Å². The third-order valence-electron chi connectivity index (χ3n) is 4.04. The van der Waals surface area contributed by atoms with Crippen molar-refractivity contribution in [1.82, 2.24) is 4.90 Å². The Morgan fingerprint density at radius 3 is 2.54 bits per heavy atom. The van der Waals surface area contributed by atoms with E-state index in [1.807, 2.05) is 39.8 Å². The number of hydrogen-bond acceptors (Lipinski definition) is 6. The molecule has 1 aliphatic heterocycles. The number of rotatable bonds is 6. The Balaban J connectivity index is 2.27. The third kappa shape index (κ3) is 4.74. The second kappa shape index (κ2) is 9.75. The van der Waals surface area contributed by atoms with E-state index in [-0.39, 0.29) is 10.9 Å².